The third kappa shape index (κ3) is 4.61. The molecule has 5 rings (SSSR count). The first-order chi connectivity index (χ1) is 17.9. The summed E-state index contributed by atoms with van der Waals surface area (Å²) in [6.45, 7) is 6.73. The average molecular weight is 541 g/mol. The fourth-order valence-electron chi connectivity index (χ4n) is 4.70. The van der Waals surface area contributed by atoms with E-state index in [4.69, 9.17) is 11.6 Å². The van der Waals surface area contributed by atoms with E-state index < -0.39 is 34.5 Å². The molecule has 0 amide bonds. The molecule has 1 N–H and O–H groups in total. The Morgan fingerprint density at radius 1 is 0.974 bits per heavy atom. The van der Waals surface area contributed by atoms with E-state index in [1.54, 1.807) is 45.2 Å². The molecule has 1 aliphatic carbocycles. The van der Waals surface area contributed by atoms with Crippen molar-refractivity contribution in [1.82, 2.24) is 19.5 Å². The first-order valence-electron chi connectivity index (χ1n) is 12.0. The maximum Gasteiger partial charge on any atom is 0.274 e. The van der Waals surface area contributed by atoms with E-state index in [9.17, 15) is 23.1 Å². The lowest BCUT2D eigenvalue weighted by atomic mass is 10.0. The van der Waals surface area contributed by atoms with Crippen LogP contribution in [0.25, 0.3) is 17.1 Å². The summed E-state index contributed by atoms with van der Waals surface area (Å²) in [4.78, 5) is 26.5. The molecule has 0 radical (unpaired) electrons. The molecule has 196 valence electrons. The Morgan fingerprint density at radius 3 is 2.37 bits per heavy atom. The largest absolute Gasteiger partial charge is 0.382 e. The molecule has 3 aromatic heterocycles. The second-order valence-electron chi connectivity index (χ2n) is 10.1. The van der Waals surface area contributed by atoms with Crippen LogP contribution in [0.3, 0.4) is 0 Å². The van der Waals surface area contributed by atoms with Gasteiger partial charge in [0.15, 0.2) is 17.5 Å². The Hall–Kier alpha value is -3.56. The number of rotatable bonds is 5. The van der Waals surface area contributed by atoms with Crippen LogP contribution >= 0.6 is 11.6 Å². The third-order valence-corrected chi connectivity index (χ3v) is 7.15. The van der Waals surface area contributed by atoms with Gasteiger partial charge in [0.05, 0.1) is 17.1 Å². The topological polar surface area (TPSA) is 80.9 Å². The Morgan fingerprint density at radius 2 is 1.66 bits per heavy atom. The monoisotopic (exact) mass is 540 g/mol. The zero-order chi connectivity index (χ0) is 27.5. The molecule has 0 bridgehead atoms. The minimum atomic E-state index is -1.25. The van der Waals surface area contributed by atoms with Gasteiger partial charge in [0.2, 0.25) is 0 Å². The summed E-state index contributed by atoms with van der Waals surface area (Å²) in [5.74, 6) is -3.66. The molecule has 6 nitrogen and oxygen atoms in total. The highest BCUT2D eigenvalue weighted by molar-refractivity contribution is 6.31. The van der Waals surface area contributed by atoms with Crippen molar-refractivity contribution in [1.29, 1.82) is 0 Å². The summed E-state index contributed by atoms with van der Waals surface area (Å²) >= 11 is 6.56. The van der Waals surface area contributed by atoms with Crippen LogP contribution < -0.4 is 5.56 Å². The smallest absolute Gasteiger partial charge is 0.274 e. The fourth-order valence-corrected chi connectivity index (χ4v) is 4.98. The van der Waals surface area contributed by atoms with Crippen molar-refractivity contribution in [3.63, 3.8) is 0 Å². The van der Waals surface area contributed by atoms with Gasteiger partial charge in [0, 0.05) is 24.2 Å². The first kappa shape index (κ1) is 26.1. The maximum absolute atomic E-state index is 14.3. The number of hydrogen-bond donors (Lipinski definition) is 1. The van der Waals surface area contributed by atoms with Gasteiger partial charge in [-0.15, -0.1) is 0 Å². The summed E-state index contributed by atoms with van der Waals surface area (Å²) in [5, 5.41) is 10.3. The minimum absolute atomic E-state index is 0.0183. The lowest BCUT2D eigenvalue weighted by molar-refractivity contribution is 0.0688. The molecule has 10 heteroatoms. The van der Waals surface area contributed by atoms with Crippen molar-refractivity contribution in [2.24, 2.45) is 0 Å². The van der Waals surface area contributed by atoms with E-state index >= 15 is 0 Å². The van der Waals surface area contributed by atoms with Crippen LogP contribution in [0.4, 0.5) is 13.2 Å². The summed E-state index contributed by atoms with van der Waals surface area (Å²) in [5.41, 5.74) is 1.70. The van der Waals surface area contributed by atoms with Crippen LogP contribution in [0.15, 0.2) is 47.5 Å². The zero-order valence-electron chi connectivity index (χ0n) is 21.1. The van der Waals surface area contributed by atoms with E-state index in [0.29, 0.717) is 46.4 Å². The number of aliphatic hydroxyl groups is 1. The van der Waals surface area contributed by atoms with Crippen LogP contribution in [0.2, 0.25) is 5.02 Å². The van der Waals surface area contributed by atoms with Crippen molar-refractivity contribution >= 4 is 11.6 Å². The fraction of sp³-hybridized carbons (Fsp3) is 0.286. The number of hydrogen-bond acceptors (Lipinski definition) is 5. The van der Waals surface area contributed by atoms with Gasteiger partial charge in [-0.2, -0.15) is 0 Å². The molecule has 0 saturated heterocycles. The van der Waals surface area contributed by atoms with Gasteiger partial charge >= 0.3 is 0 Å². The van der Waals surface area contributed by atoms with Crippen LogP contribution in [0, 0.1) is 31.3 Å². The molecule has 1 aliphatic rings. The number of aryl methyl sites for hydroxylation is 2. The average Bonchev–Trinajstić information content (AvgIpc) is 3.65. The standard InChI is InChI=1S/C28H24ClF3N4O2/c1-13-12-34-23(22-5-6-33-27(35-22)28(3,4)38)11-24(13)36-14(2)7-18(25(29)26(36)37)16-8-15(16)17-9-20(31)21(32)10-19(17)30/h5-7,9-12,15-16,38H,8H2,1-4H3/t15-,16-/m0/s1. The summed E-state index contributed by atoms with van der Waals surface area (Å²) in [6.07, 6.45) is 3.61. The summed E-state index contributed by atoms with van der Waals surface area (Å²) < 4.78 is 42.9. The molecule has 1 saturated carbocycles. The van der Waals surface area contributed by atoms with Gasteiger partial charge in [0.1, 0.15) is 16.4 Å². The van der Waals surface area contributed by atoms with E-state index in [1.165, 1.54) is 10.8 Å². The molecule has 4 aromatic rings. The number of benzene rings is 1. The minimum Gasteiger partial charge on any atom is -0.382 e. The van der Waals surface area contributed by atoms with Gasteiger partial charge in [0.25, 0.3) is 5.56 Å². The first-order valence-corrected chi connectivity index (χ1v) is 12.3. The third-order valence-electron chi connectivity index (χ3n) is 6.77. The summed E-state index contributed by atoms with van der Waals surface area (Å²) in [6, 6.07) is 6.55. The molecular formula is C28H24ClF3N4O2. The highest BCUT2D eigenvalue weighted by atomic mass is 35.5. The Balaban J connectivity index is 1.54. The number of aromatic nitrogens is 4. The molecule has 0 spiro atoms. The number of halogens is 4. The summed E-state index contributed by atoms with van der Waals surface area (Å²) in [7, 11) is 0. The lowest BCUT2D eigenvalue weighted by Gasteiger charge is -2.17. The molecule has 38 heavy (non-hydrogen) atoms. The zero-order valence-corrected chi connectivity index (χ0v) is 21.8. The molecular weight excluding hydrogens is 517 g/mol. The Labute approximate surface area is 221 Å². The van der Waals surface area contributed by atoms with Crippen molar-refractivity contribution < 1.29 is 18.3 Å². The normalized spacial score (nSPS) is 17.1. The van der Waals surface area contributed by atoms with Crippen molar-refractivity contribution in [3.05, 3.63) is 104 Å². The highest BCUT2D eigenvalue weighted by Crippen LogP contribution is 2.56. The number of nitrogens with zero attached hydrogens (tertiary/aromatic N) is 4. The van der Waals surface area contributed by atoms with Crippen LogP contribution in [-0.2, 0) is 5.60 Å². The van der Waals surface area contributed by atoms with Crippen LogP contribution in [-0.4, -0.2) is 24.6 Å². The van der Waals surface area contributed by atoms with E-state index in [-0.39, 0.29) is 22.3 Å². The number of pyridine rings is 2. The highest BCUT2D eigenvalue weighted by Gasteiger charge is 2.43. The van der Waals surface area contributed by atoms with E-state index in [1.807, 2.05) is 6.92 Å². The molecule has 0 aliphatic heterocycles. The van der Waals surface area contributed by atoms with Crippen molar-refractivity contribution in [2.45, 2.75) is 51.6 Å². The predicted molar refractivity (Wildman–Crippen MR) is 137 cm³/mol. The van der Waals surface area contributed by atoms with Gasteiger partial charge in [-0.25, -0.2) is 23.1 Å². The lowest BCUT2D eigenvalue weighted by Crippen LogP contribution is -2.23. The predicted octanol–water partition coefficient (Wildman–Crippen LogP) is 5.88. The molecule has 1 aromatic carbocycles. The van der Waals surface area contributed by atoms with Gasteiger partial charge in [-0.3, -0.25) is 14.3 Å². The maximum atomic E-state index is 14.3. The SMILES string of the molecule is Cc1cnc(-c2ccnc(C(C)(C)O)n2)cc1-n1c(C)cc([C@H]2C[C@@H]2c2cc(F)c(F)cc2F)c(Cl)c1=O. The van der Waals surface area contributed by atoms with E-state index in [2.05, 4.69) is 15.0 Å². The van der Waals surface area contributed by atoms with Crippen LogP contribution in [0.1, 0.15) is 60.3 Å². The van der Waals surface area contributed by atoms with Crippen LogP contribution in [0.5, 0.6) is 0 Å². The quantitative estimate of drug-likeness (QED) is 0.320. The van der Waals surface area contributed by atoms with Gasteiger partial charge in [-0.1, -0.05) is 11.6 Å². The molecule has 1 fully saturated rings. The second-order valence-corrected chi connectivity index (χ2v) is 10.5. The van der Waals surface area contributed by atoms with Crippen molar-refractivity contribution in [3.8, 4) is 17.1 Å². The molecule has 0 unspecified atom stereocenters. The Kier molecular flexibility index (Phi) is 6.39. The Bertz CT molecular complexity index is 1650. The van der Waals surface area contributed by atoms with Gasteiger partial charge < -0.3 is 5.11 Å². The van der Waals surface area contributed by atoms with Crippen molar-refractivity contribution in [2.75, 3.05) is 0 Å². The second kappa shape index (κ2) is 9.32. The molecule has 2 atom stereocenters. The molecule has 3 heterocycles. The van der Waals surface area contributed by atoms with E-state index in [0.717, 1.165) is 6.07 Å². The van der Waals surface area contributed by atoms with Gasteiger partial charge in [-0.05, 0) is 86.9 Å².